The molecule has 0 atom stereocenters. The van der Waals surface area contributed by atoms with E-state index in [4.69, 9.17) is 5.21 Å². The van der Waals surface area contributed by atoms with Crippen LogP contribution in [0.15, 0.2) is 11.4 Å². The van der Waals surface area contributed by atoms with Crippen LogP contribution in [0, 0.1) is 0 Å². The highest BCUT2D eigenvalue weighted by molar-refractivity contribution is 5.63. The van der Waals surface area contributed by atoms with Crippen molar-refractivity contribution in [1.29, 1.82) is 0 Å². The summed E-state index contributed by atoms with van der Waals surface area (Å²) in [5, 5.41) is 20.7. The second-order valence-corrected chi connectivity index (χ2v) is 2.29. The number of hydrogen-bond donors (Lipinski definition) is 3. The molecule has 0 aliphatic heterocycles. The van der Waals surface area contributed by atoms with Crippen molar-refractivity contribution in [1.82, 2.24) is 10.2 Å². The molecule has 0 fully saturated rings. The summed E-state index contributed by atoms with van der Waals surface area (Å²) in [4.78, 5) is 0. The molecule has 1 rings (SSSR count). The van der Waals surface area contributed by atoms with Gasteiger partial charge in [0.15, 0.2) is 5.82 Å². The molecule has 5 heteroatoms. The standard InChI is InChI=1S/C7H12N4O/c1-2-6-5-9-11-7(6)8-3-4-10-12/h4-5,12H,2-3H2,1H3,(H2,8,9,11). The molecule has 5 nitrogen and oxygen atoms in total. The first-order valence-corrected chi connectivity index (χ1v) is 3.81. The number of aromatic amines is 1. The van der Waals surface area contributed by atoms with E-state index in [1.165, 1.54) is 6.21 Å². The van der Waals surface area contributed by atoms with Gasteiger partial charge in [0.1, 0.15) is 0 Å². The fourth-order valence-corrected chi connectivity index (χ4v) is 0.921. The van der Waals surface area contributed by atoms with Crippen molar-refractivity contribution in [3.63, 3.8) is 0 Å². The van der Waals surface area contributed by atoms with Crippen LogP contribution in [0.2, 0.25) is 0 Å². The van der Waals surface area contributed by atoms with E-state index in [1.807, 2.05) is 6.20 Å². The molecule has 0 radical (unpaired) electrons. The van der Waals surface area contributed by atoms with Gasteiger partial charge in [0.2, 0.25) is 0 Å². The number of hydrogen-bond acceptors (Lipinski definition) is 4. The monoisotopic (exact) mass is 168 g/mol. The summed E-state index contributed by atoms with van der Waals surface area (Å²) in [5.74, 6) is 0.817. The number of aryl methyl sites for hydroxylation is 1. The van der Waals surface area contributed by atoms with Crippen LogP contribution < -0.4 is 5.32 Å². The molecular formula is C7H12N4O. The van der Waals surface area contributed by atoms with Gasteiger partial charge in [-0.25, -0.2) is 0 Å². The van der Waals surface area contributed by atoms with E-state index in [-0.39, 0.29) is 0 Å². The van der Waals surface area contributed by atoms with E-state index >= 15 is 0 Å². The highest BCUT2D eigenvalue weighted by Gasteiger charge is 2.00. The Hall–Kier alpha value is -1.52. The van der Waals surface area contributed by atoms with Crippen molar-refractivity contribution in [2.45, 2.75) is 13.3 Å². The zero-order chi connectivity index (χ0) is 8.81. The van der Waals surface area contributed by atoms with Gasteiger partial charge in [-0.2, -0.15) is 5.10 Å². The van der Waals surface area contributed by atoms with E-state index in [2.05, 4.69) is 27.6 Å². The third-order valence-corrected chi connectivity index (χ3v) is 1.54. The topological polar surface area (TPSA) is 73.3 Å². The molecule has 0 spiro atoms. The van der Waals surface area contributed by atoms with E-state index in [0.29, 0.717) is 6.54 Å². The first kappa shape index (κ1) is 8.58. The lowest BCUT2D eigenvalue weighted by Gasteiger charge is -1.99. The second-order valence-electron chi connectivity index (χ2n) is 2.29. The summed E-state index contributed by atoms with van der Waals surface area (Å²) < 4.78 is 0. The van der Waals surface area contributed by atoms with Gasteiger partial charge in [-0.15, -0.1) is 5.16 Å². The minimum absolute atomic E-state index is 0.481. The van der Waals surface area contributed by atoms with E-state index in [0.717, 1.165) is 17.8 Å². The van der Waals surface area contributed by atoms with Crippen molar-refractivity contribution in [2.24, 2.45) is 5.16 Å². The molecule has 0 bridgehead atoms. The maximum Gasteiger partial charge on any atom is 0.151 e. The van der Waals surface area contributed by atoms with Gasteiger partial charge in [-0.05, 0) is 6.42 Å². The molecule has 1 aromatic rings. The highest BCUT2D eigenvalue weighted by Crippen LogP contribution is 2.09. The molecule has 66 valence electrons. The summed E-state index contributed by atoms with van der Waals surface area (Å²) in [6.07, 6.45) is 4.14. The Morgan fingerprint density at radius 3 is 3.33 bits per heavy atom. The Morgan fingerprint density at radius 2 is 2.67 bits per heavy atom. The van der Waals surface area contributed by atoms with Crippen LogP contribution in [0.4, 0.5) is 5.82 Å². The number of oxime groups is 1. The Labute approximate surface area is 70.5 Å². The van der Waals surface area contributed by atoms with Gasteiger partial charge in [0, 0.05) is 11.8 Å². The lowest BCUT2D eigenvalue weighted by atomic mass is 10.2. The van der Waals surface area contributed by atoms with Crippen molar-refractivity contribution in [2.75, 3.05) is 11.9 Å². The molecule has 1 heterocycles. The lowest BCUT2D eigenvalue weighted by molar-refractivity contribution is 0.321. The second kappa shape index (κ2) is 4.38. The van der Waals surface area contributed by atoms with Gasteiger partial charge < -0.3 is 10.5 Å². The number of anilines is 1. The molecule has 1 aromatic heterocycles. The van der Waals surface area contributed by atoms with Crippen LogP contribution in [0.1, 0.15) is 12.5 Å². The van der Waals surface area contributed by atoms with E-state index in [9.17, 15) is 0 Å². The maximum atomic E-state index is 8.12. The summed E-state index contributed by atoms with van der Waals surface area (Å²) in [5.41, 5.74) is 1.13. The fraction of sp³-hybridized carbons (Fsp3) is 0.429. The van der Waals surface area contributed by atoms with Crippen molar-refractivity contribution >= 4 is 12.0 Å². The molecule has 3 N–H and O–H groups in total. The minimum Gasteiger partial charge on any atom is -0.411 e. The molecule has 0 aliphatic rings. The predicted molar refractivity (Wildman–Crippen MR) is 46.7 cm³/mol. The summed E-state index contributed by atoms with van der Waals surface area (Å²) in [6, 6.07) is 0. The Balaban J connectivity index is 2.50. The first-order valence-electron chi connectivity index (χ1n) is 3.81. The minimum atomic E-state index is 0.481. The SMILES string of the molecule is CCc1c[nH]nc1NCC=NO. The van der Waals surface area contributed by atoms with Gasteiger partial charge in [-0.3, -0.25) is 5.10 Å². The van der Waals surface area contributed by atoms with Gasteiger partial charge in [-0.1, -0.05) is 6.92 Å². The average Bonchev–Trinajstić information content (AvgIpc) is 2.52. The Bertz CT molecular complexity index is 256. The average molecular weight is 168 g/mol. The maximum absolute atomic E-state index is 8.12. The molecule has 0 saturated carbocycles. The molecule has 0 amide bonds. The Kier molecular flexibility index (Phi) is 3.13. The first-order chi connectivity index (χ1) is 5.88. The normalized spacial score (nSPS) is 10.8. The molecule has 0 unspecified atom stereocenters. The van der Waals surface area contributed by atoms with E-state index < -0.39 is 0 Å². The molecule has 12 heavy (non-hydrogen) atoms. The molecule has 0 aliphatic carbocycles. The molecule has 0 aromatic carbocycles. The van der Waals surface area contributed by atoms with Crippen LogP contribution in [-0.4, -0.2) is 28.2 Å². The van der Waals surface area contributed by atoms with Gasteiger partial charge in [0.25, 0.3) is 0 Å². The third-order valence-electron chi connectivity index (χ3n) is 1.54. The quantitative estimate of drug-likeness (QED) is 0.354. The van der Waals surface area contributed by atoms with Crippen molar-refractivity contribution < 1.29 is 5.21 Å². The summed E-state index contributed by atoms with van der Waals surface area (Å²) in [6.45, 7) is 2.53. The smallest absolute Gasteiger partial charge is 0.151 e. The number of rotatable bonds is 4. The van der Waals surface area contributed by atoms with Crippen molar-refractivity contribution in [3.8, 4) is 0 Å². The number of nitrogens with zero attached hydrogens (tertiary/aromatic N) is 2. The van der Waals surface area contributed by atoms with E-state index in [1.54, 1.807) is 0 Å². The van der Waals surface area contributed by atoms with Crippen LogP contribution in [-0.2, 0) is 6.42 Å². The van der Waals surface area contributed by atoms with Crippen LogP contribution in [0.3, 0.4) is 0 Å². The molecular weight excluding hydrogens is 156 g/mol. The lowest BCUT2D eigenvalue weighted by Crippen LogP contribution is -2.04. The summed E-state index contributed by atoms with van der Waals surface area (Å²) >= 11 is 0. The molecule has 0 saturated heterocycles. The van der Waals surface area contributed by atoms with Crippen LogP contribution in [0.25, 0.3) is 0 Å². The van der Waals surface area contributed by atoms with Crippen molar-refractivity contribution in [3.05, 3.63) is 11.8 Å². The Morgan fingerprint density at radius 1 is 1.83 bits per heavy atom. The highest BCUT2D eigenvalue weighted by atomic mass is 16.4. The van der Waals surface area contributed by atoms with Gasteiger partial charge in [0.05, 0.1) is 12.8 Å². The largest absolute Gasteiger partial charge is 0.411 e. The summed E-state index contributed by atoms with van der Waals surface area (Å²) in [7, 11) is 0. The number of aromatic nitrogens is 2. The van der Waals surface area contributed by atoms with Crippen LogP contribution >= 0.6 is 0 Å². The fourth-order valence-electron chi connectivity index (χ4n) is 0.921. The zero-order valence-electron chi connectivity index (χ0n) is 6.91. The van der Waals surface area contributed by atoms with Crippen LogP contribution in [0.5, 0.6) is 0 Å². The zero-order valence-corrected chi connectivity index (χ0v) is 6.91. The third kappa shape index (κ3) is 1.98. The number of H-pyrrole nitrogens is 1. The van der Waals surface area contributed by atoms with Gasteiger partial charge >= 0.3 is 0 Å². The number of nitrogens with one attached hydrogen (secondary N) is 2. The predicted octanol–water partition coefficient (Wildman–Crippen LogP) is 0.844.